The number of aromatic nitrogens is 2. The third-order valence-electron chi connectivity index (χ3n) is 2.66. The molecule has 0 aliphatic carbocycles. The number of nitrogens with two attached hydrogens (primary N) is 1. The Morgan fingerprint density at radius 1 is 1.47 bits per heavy atom. The molecule has 0 aliphatic heterocycles. The molecule has 2 N–H and O–H groups in total. The number of hydrogen-bond acceptors (Lipinski definition) is 3. The largest absolute Gasteiger partial charge is 0.324 e. The topological polar surface area (TPSA) is 51.8 Å². The van der Waals surface area contributed by atoms with Crippen LogP contribution in [-0.4, -0.2) is 9.97 Å². The Balaban J connectivity index is 2.61. The molecule has 0 spiro atoms. The summed E-state index contributed by atoms with van der Waals surface area (Å²) in [4.78, 5) is 8.67. The van der Waals surface area contributed by atoms with Crippen molar-refractivity contribution in [2.24, 2.45) is 5.73 Å². The van der Waals surface area contributed by atoms with E-state index in [1.165, 1.54) is 0 Å². The molecule has 2 aromatic rings. The van der Waals surface area contributed by atoms with Crippen LogP contribution in [0.3, 0.4) is 0 Å². The highest BCUT2D eigenvalue weighted by atomic mass is 14.8. The summed E-state index contributed by atoms with van der Waals surface area (Å²) in [5.74, 6) is 0. The molecule has 1 atom stereocenters. The highest BCUT2D eigenvalue weighted by molar-refractivity contribution is 5.75. The lowest BCUT2D eigenvalue weighted by Gasteiger charge is -2.12. The maximum atomic E-state index is 6.03. The minimum atomic E-state index is 0.0714. The molecule has 0 amide bonds. The van der Waals surface area contributed by atoms with Crippen LogP contribution in [0.2, 0.25) is 0 Å². The van der Waals surface area contributed by atoms with Crippen molar-refractivity contribution in [1.82, 2.24) is 9.97 Å². The van der Waals surface area contributed by atoms with Gasteiger partial charge in [0.15, 0.2) is 5.65 Å². The van der Waals surface area contributed by atoms with Gasteiger partial charge < -0.3 is 5.73 Å². The zero-order valence-electron chi connectivity index (χ0n) is 9.07. The molecule has 15 heavy (non-hydrogen) atoms. The maximum absolute atomic E-state index is 6.03. The van der Waals surface area contributed by atoms with Gasteiger partial charge in [-0.2, -0.15) is 0 Å². The van der Waals surface area contributed by atoms with Crippen molar-refractivity contribution in [2.45, 2.75) is 26.3 Å². The van der Waals surface area contributed by atoms with Crippen LogP contribution in [0.25, 0.3) is 11.0 Å². The van der Waals surface area contributed by atoms with Crippen LogP contribution in [0.4, 0.5) is 0 Å². The number of fused-ring (bicyclic) bond motifs is 1. The highest BCUT2D eigenvalue weighted by Crippen LogP contribution is 2.20. The van der Waals surface area contributed by atoms with Crippen molar-refractivity contribution in [2.75, 3.05) is 0 Å². The van der Waals surface area contributed by atoms with Crippen LogP contribution in [-0.2, 0) is 0 Å². The smallest absolute Gasteiger partial charge is 0.159 e. The Morgan fingerprint density at radius 2 is 2.27 bits per heavy atom. The van der Waals surface area contributed by atoms with Gasteiger partial charge in [0, 0.05) is 23.3 Å². The Morgan fingerprint density at radius 3 is 3.00 bits per heavy atom. The fourth-order valence-electron chi connectivity index (χ4n) is 1.71. The summed E-state index contributed by atoms with van der Waals surface area (Å²) in [7, 11) is 0. The number of hydrogen-bond donors (Lipinski definition) is 1. The molecule has 2 aromatic heterocycles. The molecule has 0 bridgehead atoms. The molecular weight excluding hydrogens is 186 g/mol. The average molecular weight is 201 g/mol. The maximum Gasteiger partial charge on any atom is 0.159 e. The lowest BCUT2D eigenvalue weighted by atomic mass is 10.0. The standard InChI is InChI=1S/C12H15N3/c1-3-11(13)10-7-9-5-4-6-14-12(9)15-8(10)2/h4-7,11H,3,13H2,1-2H3/t11-/m1/s1. The van der Waals surface area contributed by atoms with Crippen LogP contribution in [0.15, 0.2) is 24.4 Å². The van der Waals surface area contributed by atoms with Crippen LogP contribution in [0.1, 0.15) is 30.6 Å². The Hall–Kier alpha value is -1.48. The Labute approximate surface area is 89.4 Å². The summed E-state index contributed by atoms with van der Waals surface area (Å²) < 4.78 is 0. The molecule has 0 saturated carbocycles. The first-order valence-corrected chi connectivity index (χ1v) is 5.20. The van der Waals surface area contributed by atoms with Crippen LogP contribution < -0.4 is 5.73 Å². The second-order valence-electron chi connectivity index (χ2n) is 3.73. The van der Waals surface area contributed by atoms with Crippen LogP contribution in [0, 0.1) is 6.92 Å². The number of nitrogens with zero attached hydrogens (tertiary/aromatic N) is 2. The van der Waals surface area contributed by atoms with Gasteiger partial charge in [0.2, 0.25) is 0 Å². The molecule has 3 nitrogen and oxygen atoms in total. The van der Waals surface area contributed by atoms with E-state index in [0.29, 0.717) is 0 Å². The van der Waals surface area contributed by atoms with Gasteiger partial charge in [0.1, 0.15) is 0 Å². The predicted octanol–water partition coefficient (Wildman–Crippen LogP) is 2.35. The van der Waals surface area contributed by atoms with E-state index in [0.717, 1.165) is 28.7 Å². The SMILES string of the molecule is CC[C@@H](N)c1cc2cccnc2nc1C. The van der Waals surface area contributed by atoms with Gasteiger partial charge in [-0.05, 0) is 37.1 Å². The fraction of sp³-hybridized carbons (Fsp3) is 0.333. The molecule has 3 heteroatoms. The molecule has 0 unspecified atom stereocenters. The minimum Gasteiger partial charge on any atom is -0.324 e. The van der Waals surface area contributed by atoms with Gasteiger partial charge in [-0.1, -0.05) is 6.92 Å². The first kappa shape index (κ1) is 10.1. The Bertz CT molecular complexity index is 479. The lowest BCUT2D eigenvalue weighted by molar-refractivity contribution is 0.690. The lowest BCUT2D eigenvalue weighted by Crippen LogP contribution is -2.11. The van der Waals surface area contributed by atoms with Crippen LogP contribution in [0.5, 0.6) is 0 Å². The molecular formula is C12H15N3. The number of pyridine rings is 2. The highest BCUT2D eigenvalue weighted by Gasteiger charge is 2.09. The van der Waals surface area contributed by atoms with Gasteiger partial charge in [0.25, 0.3) is 0 Å². The van der Waals surface area contributed by atoms with Gasteiger partial charge in [-0.25, -0.2) is 9.97 Å². The quantitative estimate of drug-likeness (QED) is 0.811. The minimum absolute atomic E-state index is 0.0714. The summed E-state index contributed by atoms with van der Waals surface area (Å²) in [5, 5.41) is 1.06. The molecule has 0 fully saturated rings. The van der Waals surface area contributed by atoms with Crippen molar-refractivity contribution < 1.29 is 0 Å². The molecule has 0 aliphatic rings. The summed E-state index contributed by atoms with van der Waals surface area (Å²) >= 11 is 0. The second-order valence-corrected chi connectivity index (χ2v) is 3.73. The zero-order chi connectivity index (χ0) is 10.8. The number of aryl methyl sites for hydroxylation is 1. The van der Waals surface area contributed by atoms with Crippen molar-refractivity contribution in [3.05, 3.63) is 35.7 Å². The summed E-state index contributed by atoms with van der Waals surface area (Å²) in [6.45, 7) is 4.07. The average Bonchev–Trinajstić information content (AvgIpc) is 2.27. The van der Waals surface area contributed by atoms with Gasteiger partial charge in [-0.15, -0.1) is 0 Å². The summed E-state index contributed by atoms with van der Waals surface area (Å²) in [5.41, 5.74) is 8.92. The fourth-order valence-corrected chi connectivity index (χ4v) is 1.71. The molecule has 2 heterocycles. The van der Waals surface area contributed by atoms with E-state index in [1.807, 2.05) is 19.1 Å². The molecule has 0 saturated heterocycles. The normalized spacial score (nSPS) is 13.0. The molecule has 0 radical (unpaired) electrons. The van der Waals surface area contributed by atoms with E-state index in [2.05, 4.69) is 23.0 Å². The van der Waals surface area contributed by atoms with Crippen molar-refractivity contribution in [1.29, 1.82) is 0 Å². The van der Waals surface area contributed by atoms with Crippen molar-refractivity contribution >= 4 is 11.0 Å². The van der Waals surface area contributed by atoms with E-state index in [-0.39, 0.29) is 6.04 Å². The molecule has 2 rings (SSSR count). The van der Waals surface area contributed by atoms with E-state index in [9.17, 15) is 0 Å². The molecule has 0 aromatic carbocycles. The van der Waals surface area contributed by atoms with E-state index in [4.69, 9.17) is 5.73 Å². The number of rotatable bonds is 2. The summed E-state index contributed by atoms with van der Waals surface area (Å²) in [6, 6.07) is 6.10. The van der Waals surface area contributed by atoms with Gasteiger partial charge >= 0.3 is 0 Å². The first-order valence-electron chi connectivity index (χ1n) is 5.20. The van der Waals surface area contributed by atoms with Gasteiger partial charge in [0.05, 0.1) is 0 Å². The predicted molar refractivity (Wildman–Crippen MR) is 61.5 cm³/mol. The van der Waals surface area contributed by atoms with Crippen molar-refractivity contribution in [3.63, 3.8) is 0 Å². The summed E-state index contributed by atoms with van der Waals surface area (Å²) in [6.07, 6.45) is 2.68. The van der Waals surface area contributed by atoms with E-state index < -0.39 is 0 Å². The van der Waals surface area contributed by atoms with Gasteiger partial charge in [-0.3, -0.25) is 0 Å². The van der Waals surface area contributed by atoms with Crippen molar-refractivity contribution in [3.8, 4) is 0 Å². The first-order chi connectivity index (χ1) is 7.22. The molecule has 78 valence electrons. The van der Waals surface area contributed by atoms with E-state index in [1.54, 1.807) is 6.20 Å². The third-order valence-corrected chi connectivity index (χ3v) is 2.66. The van der Waals surface area contributed by atoms with Crippen LogP contribution >= 0.6 is 0 Å². The second kappa shape index (κ2) is 3.95. The Kier molecular flexibility index (Phi) is 2.64. The zero-order valence-corrected chi connectivity index (χ0v) is 9.07. The monoisotopic (exact) mass is 201 g/mol. The van der Waals surface area contributed by atoms with E-state index >= 15 is 0 Å². The third kappa shape index (κ3) is 1.83.